The summed E-state index contributed by atoms with van der Waals surface area (Å²) in [6.45, 7) is 1.53. The van der Waals surface area contributed by atoms with E-state index in [9.17, 15) is 18.3 Å². The molecule has 0 aliphatic carbocycles. The predicted molar refractivity (Wildman–Crippen MR) is 61.2 cm³/mol. The van der Waals surface area contributed by atoms with Crippen LogP contribution in [0.2, 0.25) is 0 Å². The second-order valence-electron chi connectivity index (χ2n) is 3.86. The van der Waals surface area contributed by atoms with E-state index in [0.717, 1.165) is 7.11 Å². The van der Waals surface area contributed by atoms with Crippen LogP contribution in [-0.4, -0.2) is 12.2 Å². The standard InChI is InChI=1S/C12H10F3NO2/c1-4-3-5(16)11(17)7-6(4)12(18-2)10(15)9(14)8(7)13/h3,17H,16H2,1-2H3. The van der Waals surface area contributed by atoms with Gasteiger partial charge in [0.2, 0.25) is 5.82 Å². The summed E-state index contributed by atoms with van der Waals surface area (Å²) in [5.41, 5.74) is 5.71. The van der Waals surface area contributed by atoms with Crippen molar-refractivity contribution in [2.75, 3.05) is 12.8 Å². The number of nitrogen functional groups attached to an aromatic ring is 1. The van der Waals surface area contributed by atoms with Gasteiger partial charge >= 0.3 is 0 Å². The van der Waals surface area contributed by atoms with Crippen LogP contribution in [0.5, 0.6) is 11.5 Å². The molecule has 0 unspecified atom stereocenters. The number of rotatable bonds is 1. The summed E-state index contributed by atoms with van der Waals surface area (Å²) in [6.07, 6.45) is 0. The van der Waals surface area contributed by atoms with Crippen LogP contribution in [0.3, 0.4) is 0 Å². The van der Waals surface area contributed by atoms with Crippen molar-refractivity contribution < 1.29 is 23.0 Å². The highest BCUT2D eigenvalue weighted by atomic mass is 19.2. The van der Waals surface area contributed by atoms with Gasteiger partial charge in [-0.3, -0.25) is 0 Å². The Morgan fingerprint density at radius 2 is 1.72 bits per heavy atom. The lowest BCUT2D eigenvalue weighted by Gasteiger charge is -2.14. The molecule has 0 spiro atoms. The fraction of sp³-hybridized carbons (Fsp3) is 0.167. The van der Waals surface area contributed by atoms with Crippen molar-refractivity contribution in [2.24, 2.45) is 0 Å². The zero-order chi connectivity index (χ0) is 13.6. The maximum Gasteiger partial charge on any atom is 0.204 e. The monoisotopic (exact) mass is 257 g/mol. The number of benzene rings is 2. The van der Waals surface area contributed by atoms with Crippen LogP contribution in [0.25, 0.3) is 10.8 Å². The van der Waals surface area contributed by atoms with Gasteiger partial charge in [-0.15, -0.1) is 0 Å². The average molecular weight is 257 g/mol. The van der Waals surface area contributed by atoms with Gasteiger partial charge in [0.1, 0.15) is 5.75 Å². The van der Waals surface area contributed by atoms with E-state index in [2.05, 4.69) is 0 Å². The lowest BCUT2D eigenvalue weighted by molar-refractivity contribution is 0.366. The first-order valence-corrected chi connectivity index (χ1v) is 5.02. The minimum Gasteiger partial charge on any atom is -0.505 e. The van der Waals surface area contributed by atoms with Gasteiger partial charge in [-0.25, -0.2) is 8.78 Å². The predicted octanol–water partition coefficient (Wildman–Crippen LogP) is 2.86. The Morgan fingerprint density at radius 3 is 2.28 bits per heavy atom. The van der Waals surface area contributed by atoms with Gasteiger partial charge in [-0.05, 0) is 18.6 Å². The van der Waals surface area contributed by atoms with Crippen LogP contribution in [0.4, 0.5) is 18.9 Å². The Kier molecular flexibility index (Phi) is 2.73. The lowest BCUT2D eigenvalue weighted by Crippen LogP contribution is -2.01. The number of ether oxygens (including phenoxy) is 1. The Morgan fingerprint density at radius 1 is 1.11 bits per heavy atom. The molecule has 0 saturated heterocycles. The van der Waals surface area contributed by atoms with Gasteiger partial charge in [0.05, 0.1) is 18.2 Å². The van der Waals surface area contributed by atoms with Crippen molar-refractivity contribution in [3.63, 3.8) is 0 Å². The van der Waals surface area contributed by atoms with Gasteiger partial charge in [-0.1, -0.05) is 0 Å². The summed E-state index contributed by atoms with van der Waals surface area (Å²) >= 11 is 0. The quantitative estimate of drug-likeness (QED) is 0.469. The van der Waals surface area contributed by atoms with Crippen molar-refractivity contribution in [3.8, 4) is 11.5 Å². The Bertz CT molecular complexity index is 656. The molecule has 3 nitrogen and oxygen atoms in total. The molecule has 6 heteroatoms. The molecule has 0 fully saturated rings. The van der Waals surface area contributed by atoms with E-state index in [1.165, 1.54) is 13.0 Å². The van der Waals surface area contributed by atoms with Crippen LogP contribution in [-0.2, 0) is 0 Å². The summed E-state index contributed by atoms with van der Waals surface area (Å²) < 4.78 is 45.4. The summed E-state index contributed by atoms with van der Waals surface area (Å²) in [4.78, 5) is 0. The third kappa shape index (κ3) is 1.45. The molecule has 0 saturated carbocycles. The van der Waals surface area contributed by atoms with E-state index in [0.29, 0.717) is 5.56 Å². The molecule has 3 N–H and O–H groups in total. The van der Waals surface area contributed by atoms with Gasteiger partial charge < -0.3 is 15.6 Å². The number of hydrogen-bond donors (Lipinski definition) is 2. The minimum atomic E-state index is -1.71. The van der Waals surface area contributed by atoms with Crippen molar-refractivity contribution in [3.05, 3.63) is 29.1 Å². The first kappa shape index (κ1) is 12.3. The molecule has 0 aliphatic rings. The number of aryl methyl sites for hydroxylation is 1. The second-order valence-corrected chi connectivity index (χ2v) is 3.86. The number of anilines is 1. The first-order chi connectivity index (χ1) is 8.40. The van der Waals surface area contributed by atoms with Gasteiger partial charge in [0.25, 0.3) is 0 Å². The molecule has 0 bridgehead atoms. The maximum atomic E-state index is 13.7. The fourth-order valence-electron chi connectivity index (χ4n) is 1.95. The van der Waals surface area contributed by atoms with Crippen LogP contribution in [0.15, 0.2) is 6.07 Å². The third-order valence-electron chi connectivity index (χ3n) is 2.76. The highest BCUT2D eigenvalue weighted by Gasteiger charge is 2.25. The molecular formula is C12H10F3NO2. The zero-order valence-corrected chi connectivity index (χ0v) is 9.64. The number of phenols is 1. The van der Waals surface area contributed by atoms with Gasteiger partial charge in [0.15, 0.2) is 17.4 Å². The Balaban J connectivity index is 3.15. The maximum absolute atomic E-state index is 13.7. The van der Waals surface area contributed by atoms with Crippen molar-refractivity contribution in [1.29, 1.82) is 0 Å². The van der Waals surface area contributed by atoms with Crippen molar-refractivity contribution in [1.82, 2.24) is 0 Å². The number of halogens is 3. The molecule has 0 aliphatic heterocycles. The summed E-state index contributed by atoms with van der Waals surface area (Å²) in [5, 5.41) is 9.16. The van der Waals surface area contributed by atoms with E-state index in [1.54, 1.807) is 0 Å². The molecule has 2 aromatic rings. The summed E-state index contributed by atoms with van der Waals surface area (Å²) in [7, 11) is 1.13. The van der Waals surface area contributed by atoms with Crippen molar-refractivity contribution >= 4 is 16.5 Å². The molecule has 96 valence electrons. The SMILES string of the molecule is COc1c(F)c(F)c(F)c2c(O)c(N)cc(C)c12. The number of phenolic OH excluding ortho intramolecular Hbond substituents is 1. The van der Waals surface area contributed by atoms with Gasteiger partial charge in [-0.2, -0.15) is 4.39 Å². The van der Waals surface area contributed by atoms with Crippen molar-refractivity contribution in [2.45, 2.75) is 6.92 Å². The van der Waals surface area contributed by atoms with Gasteiger partial charge in [0, 0.05) is 5.39 Å². The number of nitrogens with two attached hydrogens (primary N) is 1. The molecule has 0 atom stereocenters. The lowest BCUT2D eigenvalue weighted by atomic mass is 10.0. The van der Waals surface area contributed by atoms with Crippen LogP contribution in [0, 0.1) is 24.4 Å². The molecule has 0 amide bonds. The summed E-state index contributed by atoms with van der Waals surface area (Å²) in [5.74, 6) is -5.73. The van der Waals surface area contributed by atoms with Crippen LogP contribution < -0.4 is 10.5 Å². The number of methoxy groups -OCH3 is 1. The first-order valence-electron chi connectivity index (χ1n) is 5.02. The molecular weight excluding hydrogens is 247 g/mol. The molecule has 0 radical (unpaired) electrons. The van der Waals surface area contributed by atoms with E-state index in [1.807, 2.05) is 0 Å². The Hall–Kier alpha value is -2.11. The number of aromatic hydroxyl groups is 1. The molecule has 0 heterocycles. The van der Waals surface area contributed by atoms with E-state index >= 15 is 0 Å². The zero-order valence-electron chi connectivity index (χ0n) is 9.64. The normalized spacial score (nSPS) is 10.9. The van der Waals surface area contributed by atoms with E-state index in [4.69, 9.17) is 10.5 Å². The molecule has 2 rings (SSSR count). The molecule has 0 aromatic heterocycles. The molecule has 2 aromatic carbocycles. The van der Waals surface area contributed by atoms with Crippen LogP contribution in [0.1, 0.15) is 5.56 Å². The average Bonchev–Trinajstić information content (AvgIpc) is 2.33. The smallest absolute Gasteiger partial charge is 0.204 e. The second kappa shape index (κ2) is 3.97. The third-order valence-corrected chi connectivity index (χ3v) is 2.76. The Labute approximate surface area is 101 Å². The topological polar surface area (TPSA) is 55.5 Å². The fourth-order valence-corrected chi connectivity index (χ4v) is 1.95. The highest BCUT2D eigenvalue weighted by molar-refractivity contribution is 5.99. The molecule has 18 heavy (non-hydrogen) atoms. The number of hydrogen-bond acceptors (Lipinski definition) is 3. The summed E-state index contributed by atoms with van der Waals surface area (Å²) in [6, 6.07) is 1.33. The van der Waals surface area contributed by atoms with Crippen LogP contribution >= 0.6 is 0 Å². The van der Waals surface area contributed by atoms with E-state index in [-0.39, 0.29) is 11.1 Å². The van der Waals surface area contributed by atoms with E-state index < -0.39 is 34.3 Å². The largest absolute Gasteiger partial charge is 0.505 e. The minimum absolute atomic E-state index is 0.0411. The number of fused-ring (bicyclic) bond motifs is 1. The highest BCUT2D eigenvalue weighted by Crippen LogP contribution is 2.42.